The maximum atomic E-state index is 12.1. The number of nitrogens with zero attached hydrogens (tertiary/aromatic N) is 3. The van der Waals surface area contributed by atoms with Crippen molar-refractivity contribution in [1.82, 2.24) is 14.7 Å². The molecule has 0 bridgehead atoms. The second kappa shape index (κ2) is 6.39. The van der Waals surface area contributed by atoms with Gasteiger partial charge in [-0.25, -0.2) is 23.1 Å². The van der Waals surface area contributed by atoms with Gasteiger partial charge in [-0.05, 0) is 35.0 Å². The number of anilines is 1. The van der Waals surface area contributed by atoms with Gasteiger partial charge in [0, 0.05) is 25.9 Å². The van der Waals surface area contributed by atoms with Crippen LogP contribution in [0.5, 0.6) is 0 Å². The van der Waals surface area contributed by atoms with Gasteiger partial charge in [0.2, 0.25) is 10.0 Å². The predicted molar refractivity (Wildman–Crippen MR) is 87.1 cm³/mol. The Bertz CT molecular complexity index is 743. The molecule has 0 unspecified atom stereocenters. The van der Waals surface area contributed by atoms with Crippen molar-refractivity contribution in [3.05, 3.63) is 33.5 Å². The summed E-state index contributed by atoms with van der Waals surface area (Å²) in [5.74, 6) is 1.19. The Morgan fingerprint density at radius 1 is 1.33 bits per heavy atom. The van der Waals surface area contributed by atoms with Crippen molar-refractivity contribution in [3.8, 4) is 0 Å². The normalized spacial score (nSPS) is 11.6. The number of sulfonamides is 1. The van der Waals surface area contributed by atoms with E-state index in [1.165, 1.54) is 0 Å². The molecule has 2 aromatic rings. The molecule has 0 atom stereocenters. The van der Waals surface area contributed by atoms with Gasteiger partial charge >= 0.3 is 0 Å². The molecule has 0 spiro atoms. The Morgan fingerprint density at radius 2 is 2.05 bits per heavy atom. The molecule has 0 aromatic carbocycles. The third-order valence-electron chi connectivity index (χ3n) is 2.58. The summed E-state index contributed by atoms with van der Waals surface area (Å²) in [6, 6.07) is 5.10. The second-order valence-corrected chi connectivity index (χ2v) is 9.02. The number of aromatic nitrogens is 2. The molecule has 114 valence electrons. The van der Waals surface area contributed by atoms with E-state index in [0.717, 1.165) is 26.6 Å². The van der Waals surface area contributed by atoms with Crippen LogP contribution in [0.4, 0.5) is 5.82 Å². The molecule has 0 aliphatic rings. The van der Waals surface area contributed by atoms with Crippen molar-refractivity contribution in [1.29, 1.82) is 0 Å². The van der Waals surface area contributed by atoms with E-state index in [4.69, 9.17) is 0 Å². The van der Waals surface area contributed by atoms with E-state index in [2.05, 4.69) is 30.6 Å². The summed E-state index contributed by atoms with van der Waals surface area (Å²) in [6.07, 6.45) is 0. The van der Waals surface area contributed by atoms with Crippen LogP contribution in [-0.2, 0) is 16.6 Å². The molecule has 6 nitrogen and oxygen atoms in total. The number of hydrogen-bond donors (Lipinski definition) is 1. The second-order valence-electron chi connectivity index (χ2n) is 4.56. The minimum Gasteiger partial charge on any atom is -0.363 e. The molecule has 0 saturated heterocycles. The minimum atomic E-state index is -3.54. The summed E-state index contributed by atoms with van der Waals surface area (Å²) in [6.45, 7) is 1.91. The maximum absolute atomic E-state index is 12.1. The topological polar surface area (TPSA) is 75.2 Å². The van der Waals surface area contributed by atoms with Gasteiger partial charge in [0.1, 0.15) is 15.9 Å². The third-order valence-corrected chi connectivity index (χ3v) is 6.10. The molecule has 21 heavy (non-hydrogen) atoms. The summed E-state index contributed by atoms with van der Waals surface area (Å²) in [5, 5.41) is 0. The number of hydrogen-bond acceptors (Lipinski definition) is 6. The van der Waals surface area contributed by atoms with Crippen LogP contribution in [0, 0.1) is 6.92 Å². The molecule has 0 saturated carbocycles. The quantitative estimate of drug-likeness (QED) is 0.846. The Balaban J connectivity index is 2.16. The van der Waals surface area contributed by atoms with Gasteiger partial charge in [0.25, 0.3) is 0 Å². The number of halogens is 1. The van der Waals surface area contributed by atoms with Gasteiger partial charge in [0.15, 0.2) is 0 Å². The largest absolute Gasteiger partial charge is 0.363 e. The van der Waals surface area contributed by atoms with Crippen LogP contribution in [0.15, 0.2) is 26.2 Å². The van der Waals surface area contributed by atoms with Gasteiger partial charge < -0.3 is 4.90 Å². The van der Waals surface area contributed by atoms with Gasteiger partial charge in [-0.1, -0.05) is 0 Å². The molecule has 1 N–H and O–H groups in total. The Morgan fingerprint density at radius 3 is 2.62 bits per heavy atom. The number of thiophene rings is 1. The van der Waals surface area contributed by atoms with Gasteiger partial charge in [-0.3, -0.25) is 0 Å². The lowest BCUT2D eigenvalue weighted by Gasteiger charge is -2.13. The lowest BCUT2D eigenvalue weighted by Crippen LogP contribution is -2.24. The van der Waals surface area contributed by atoms with E-state index in [0.29, 0.717) is 5.82 Å². The smallest absolute Gasteiger partial charge is 0.250 e. The average molecular weight is 391 g/mol. The van der Waals surface area contributed by atoms with Crippen LogP contribution in [0.1, 0.15) is 11.5 Å². The third kappa shape index (κ3) is 4.22. The zero-order valence-electron chi connectivity index (χ0n) is 11.8. The van der Waals surface area contributed by atoms with Crippen molar-refractivity contribution in [2.24, 2.45) is 0 Å². The van der Waals surface area contributed by atoms with E-state index in [-0.39, 0.29) is 10.8 Å². The fourth-order valence-corrected chi connectivity index (χ4v) is 4.63. The average Bonchev–Trinajstić information content (AvgIpc) is 2.83. The summed E-state index contributed by atoms with van der Waals surface area (Å²) in [4.78, 5) is 10.4. The number of aryl methyl sites for hydroxylation is 1. The van der Waals surface area contributed by atoms with Crippen LogP contribution in [-0.4, -0.2) is 32.5 Å². The fourth-order valence-electron chi connectivity index (χ4n) is 1.59. The van der Waals surface area contributed by atoms with Crippen LogP contribution in [0.2, 0.25) is 0 Å². The fraction of sp³-hybridized carbons (Fsp3) is 0.333. The Labute approximate surface area is 136 Å². The summed E-state index contributed by atoms with van der Waals surface area (Å²) >= 11 is 4.41. The van der Waals surface area contributed by atoms with Crippen molar-refractivity contribution >= 4 is 43.1 Å². The molecule has 0 aliphatic heterocycles. The van der Waals surface area contributed by atoms with Crippen LogP contribution in [0.25, 0.3) is 0 Å². The first-order chi connectivity index (χ1) is 9.78. The predicted octanol–water partition coefficient (Wildman–Crippen LogP) is 2.15. The van der Waals surface area contributed by atoms with E-state index < -0.39 is 10.0 Å². The lowest BCUT2D eigenvalue weighted by atomic mass is 10.4. The summed E-state index contributed by atoms with van der Waals surface area (Å²) < 4.78 is 27.8. The molecule has 0 aliphatic carbocycles. The lowest BCUT2D eigenvalue weighted by molar-refractivity contribution is 0.581. The molecule has 2 rings (SSSR count). The molecule has 0 amide bonds. The first kappa shape index (κ1) is 16.3. The van der Waals surface area contributed by atoms with Crippen LogP contribution >= 0.6 is 27.3 Å². The van der Waals surface area contributed by atoms with Crippen molar-refractivity contribution in [3.63, 3.8) is 0 Å². The highest BCUT2D eigenvalue weighted by Gasteiger charge is 2.17. The number of nitrogens with one attached hydrogen (secondary N) is 1. The molecule has 0 fully saturated rings. The molecule has 9 heteroatoms. The van der Waals surface area contributed by atoms with Gasteiger partial charge in [-0.2, -0.15) is 0 Å². The molecule has 2 heterocycles. The molecular formula is C12H15BrN4O2S2. The highest BCUT2D eigenvalue weighted by atomic mass is 79.9. The van der Waals surface area contributed by atoms with Crippen LogP contribution < -0.4 is 9.62 Å². The highest BCUT2D eigenvalue weighted by molar-refractivity contribution is 9.11. The standard InChI is InChI=1S/C12H15BrN4O2S2/c1-8-6-11(17(2)3)16-10(15-8)7-14-21(18,19)12-5-4-9(13)20-12/h4-6,14H,7H2,1-3H3. The zero-order valence-corrected chi connectivity index (χ0v) is 15.0. The van der Waals surface area contributed by atoms with Crippen molar-refractivity contribution in [2.75, 3.05) is 19.0 Å². The summed E-state index contributed by atoms with van der Waals surface area (Å²) in [5.41, 5.74) is 0.793. The van der Waals surface area contributed by atoms with Gasteiger partial charge in [0.05, 0.1) is 10.3 Å². The monoisotopic (exact) mass is 390 g/mol. The Hall–Kier alpha value is -1.03. The molecular weight excluding hydrogens is 376 g/mol. The molecule has 2 aromatic heterocycles. The first-order valence-corrected chi connectivity index (χ1v) is 9.14. The maximum Gasteiger partial charge on any atom is 0.250 e. The highest BCUT2D eigenvalue weighted by Crippen LogP contribution is 2.25. The van der Waals surface area contributed by atoms with Crippen molar-refractivity contribution < 1.29 is 8.42 Å². The minimum absolute atomic E-state index is 0.0559. The van der Waals surface area contributed by atoms with Gasteiger partial charge in [-0.15, -0.1) is 11.3 Å². The van der Waals surface area contributed by atoms with Crippen LogP contribution in [0.3, 0.4) is 0 Å². The summed E-state index contributed by atoms with van der Waals surface area (Å²) in [7, 11) is 0.209. The SMILES string of the molecule is Cc1cc(N(C)C)nc(CNS(=O)(=O)c2ccc(Br)s2)n1. The van der Waals surface area contributed by atoms with E-state index >= 15 is 0 Å². The van der Waals surface area contributed by atoms with Crippen molar-refractivity contribution in [2.45, 2.75) is 17.7 Å². The van der Waals surface area contributed by atoms with E-state index in [1.807, 2.05) is 32.0 Å². The number of rotatable bonds is 5. The van der Waals surface area contributed by atoms with E-state index in [9.17, 15) is 8.42 Å². The Kier molecular flexibility index (Phi) is 4.97. The zero-order chi connectivity index (χ0) is 15.6. The van der Waals surface area contributed by atoms with E-state index in [1.54, 1.807) is 12.1 Å². The first-order valence-electron chi connectivity index (χ1n) is 6.05. The molecule has 0 radical (unpaired) electrons.